The van der Waals surface area contributed by atoms with Gasteiger partial charge in [0.25, 0.3) is 0 Å². The predicted octanol–water partition coefficient (Wildman–Crippen LogP) is 4.28. The van der Waals surface area contributed by atoms with Crippen molar-refractivity contribution in [2.75, 3.05) is 0 Å². The maximum absolute atomic E-state index is 13.6. The highest BCUT2D eigenvalue weighted by molar-refractivity contribution is 6.30. The molecule has 0 fully saturated rings. The molecule has 0 aromatic heterocycles. The number of fused-ring (bicyclic) bond motifs is 1. The molecule has 1 unspecified atom stereocenters. The number of rotatable bonds is 1. The van der Waals surface area contributed by atoms with Gasteiger partial charge in [0.15, 0.2) is 0 Å². The molecule has 1 heterocycles. The van der Waals surface area contributed by atoms with E-state index in [0.29, 0.717) is 11.4 Å². The molecule has 18 heavy (non-hydrogen) atoms. The largest absolute Gasteiger partial charge is 0.489 e. The Labute approximate surface area is 110 Å². The molecule has 1 aliphatic rings. The highest BCUT2D eigenvalue weighted by Gasteiger charge is 2.23. The maximum Gasteiger partial charge on any atom is 0.131 e. The minimum Gasteiger partial charge on any atom is -0.489 e. The highest BCUT2D eigenvalue weighted by Crippen LogP contribution is 2.39. The second-order valence-electron chi connectivity index (χ2n) is 4.39. The molecular weight excluding hydrogens is 251 g/mol. The van der Waals surface area contributed by atoms with Crippen molar-refractivity contribution in [2.24, 2.45) is 0 Å². The summed E-state index contributed by atoms with van der Waals surface area (Å²) in [4.78, 5) is 0. The Morgan fingerprint density at radius 2 is 1.94 bits per heavy atom. The number of hydrogen-bond acceptors (Lipinski definition) is 1. The molecule has 0 N–H and O–H groups in total. The van der Waals surface area contributed by atoms with Gasteiger partial charge in [-0.15, -0.1) is 0 Å². The molecule has 0 saturated heterocycles. The Kier molecular flexibility index (Phi) is 2.75. The van der Waals surface area contributed by atoms with Crippen LogP contribution in [0, 0.1) is 12.7 Å². The van der Waals surface area contributed by atoms with Crippen molar-refractivity contribution in [3.8, 4) is 16.9 Å². The van der Waals surface area contributed by atoms with Crippen molar-refractivity contribution >= 4 is 11.6 Å². The van der Waals surface area contributed by atoms with Crippen LogP contribution in [0.2, 0.25) is 5.02 Å². The van der Waals surface area contributed by atoms with Crippen molar-refractivity contribution in [3.05, 3.63) is 59.7 Å². The molecule has 3 rings (SSSR count). The number of halogens is 2. The fraction of sp³-hybridized carbons (Fsp3) is 0.133. The third-order valence-corrected chi connectivity index (χ3v) is 3.27. The van der Waals surface area contributed by atoms with Gasteiger partial charge in [-0.2, -0.15) is 0 Å². The Morgan fingerprint density at radius 3 is 2.67 bits per heavy atom. The minimum atomic E-state index is -0.253. The summed E-state index contributed by atoms with van der Waals surface area (Å²) in [6.07, 6.45) is 0.501. The zero-order valence-electron chi connectivity index (χ0n) is 9.62. The monoisotopic (exact) mass is 261 g/mol. The quantitative estimate of drug-likeness (QED) is 0.744. The lowest BCUT2D eigenvalue weighted by Crippen LogP contribution is -2.06. The number of benzene rings is 2. The lowest BCUT2D eigenvalue weighted by Gasteiger charge is -2.10. The van der Waals surface area contributed by atoms with E-state index in [4.69, 9.17) is 16.3 Å². The highest BCUT2D eigenvalue weighted by atomic mass is 35.5. The summed E-state index contributed by atoms with van der Waals surface area (Å²) in [5.74, 6) is 0.482. The summed E-state index contributed by atoms with van der Waals surface area (Å²) in [6.45, 7) is 3.87. The second kappa shape index (κ2) is 4.29. The van der Waals surface area contributed by atoms with Gasteiger partial charge in [0.1, 0.15) is 17.7 Å². The SMILES string of the molecule is [CH2]C1Cc2cc(F)cc(-c3ccc(Cl)cc3)c2O1. The molecular formula is C15H11ClFO. The van der Waals surface area contributed by atoms with Crippen molar-refractivity contribution in [2.45, 2.75) is 12.5 Å². The van der Waals surface area contributed by atoms with Gasteiger partial charge in [-0.05, 0) is 36.8 Å². The fourth-order valence-corrected chi connectivity index (χ4v) is 2.36. The third kappa shape index (κ3) is 1.97. The van der Waals surface area contributed by atoms with E-state index >= 15 is 0 Å². The Bertz CT molecular complexity index is 592. The van der Waals surface area contributed by atoms with Gasteiger partial charge in [0.2, 0.25) is 0 Å². The van der Waals surface area contributed by atoms with Crippen molar-refractivity contribution in [1.82, 2.24) is 0 Å². The van der Waals surface area contributed by atoms with Crippen LogP contribution in [0.15, 0.2) is 36.4 Å². The molecule has 91 valence electrons. The van der Waals surface area contributed by atoms with E-state index < -0.39 is 0 Å². The zero-order chi connectivity index (χ0) is 12.7. The number of hydrogen-bond donors (Lipinski definition) is 0. The first-order valence-electron chi connectivity index (χ1n) is 5.71. The molecule has 2 aromatic carbocycles. The maximum atomic E-state index is 13.6. The standard InChI is InChI=1S/C15H11ClFO/c1-9-6-11-7-13(17)8-14(15(11)18-9)10-2-4-12(16)5-3-10/h2-5,7-9H,1,6H2. The Morgan fingerprint density at radius 1 is 1.22 bits per heavy atom. The molecule has 0 spiro atoms. The Hall–Kier alpha value is -1.54. The molecule has 0 saturated carbocycles. The van der Waals surface area contributed by atoms with Gasteiger partial charge >= 0.3 is 0 Å². The van der Waals surface area contributed by atoms with Crippen LogP contribution in [0.25, 0.3) is 11.1 Å². The minimum absolute atomic E-state index is 0.146. The molecule has 0 amide bonds. The van der Waals surface area contributed by atoms with Crippen molar-refractivity contribution in [1.29, 1.82) is 0 Å². The zero-order valence-corrected chi connectivity index (χ0v) is 10.4. The topological polar surface area (TPSA) is 9.23 Å². The molecule has 1 nitrogen and oxygen atoms in total. The lowest BCUT2D eigenvalue weighted by molar-refractivity contribution is 0.282. The van der Waals surface area contributed by atoms with E-state index in [-0.39, 0.29) is 11.9 Å². The van der Waals surface area contributed by atoms with Crippen LogP contribution in [0.3, 0.4) is 0 Å². The van der Waals surface area contributed by atoms with Crippen LogP contribution in [0.4, 0.5) is 4.39 Å². The number of ether oxygens (including phenoxy) is 1. The van der Waals surface area contributed by atoms with E-state index in [2.05, 4.69) is 6.92 Å². The van der Waals surface area contributed by atoms with Crippen molar-refractivity contribution in [3.63, 3.8) is 0 Å². The van der Waals surface area contributed by atoms with Crippen LogP contribution in [-0.2, 0) is 6.42 Å². The van der Waals surface area contributed by atoms with Crippen molar-refractivity contribution < 1.29 is 9.13 Å². The van der Waals surface area contributed by atoms with Gasteiger partial charge < -0.3 is 4.74 Å². The van der Waals surface area contributed by atoms with Gasteiger partial charge in [0, 0.05) is 22.6 Å². The molecule has 0 bridgehead atoms. The van der Waals surface area contributed by atoms with Crippen LogP contribution in [-0.4, -0.2) is 6.10 Å². The molecule has 1 atom stereocenters. The summed E-state index contributed by atoms with van der Waals surface area (Å²) in [7, 11) is 0. The first kappa shape index (κ1) is 11.5. The van der Waals surface area contributed by atoms with E-state index in [0.717, 1.165) is 22.4 Å². The molecule has 0 aliphatic carbocycles. The van der Waals surface area contributed by atoms with Gasteiger partial charge in [0.05, 0.1) is 0 Å². The summed E-state index contributed by atoms with van der Waals surface area (Å²) in [6, 6.07) is 10.3. The average Bonchev–Trinajstić information content (AvgIpc) is 2.69. The van der Waals surface area contributed by atoms with Crippen LogP contribution in [0.5, 0.6) is 5.75 Å². The average molecular weight is 262 g/mol. The van der Waals surface area contributed by atoms with E-state index in [1.54, 1.807) is 12.1 Å². The van der Waals surface area contributed by atoms with Gasteiger partial charge in [-0.3, -0.25) is 0 Å². The first-order valence-corrected chi connectivity index (χ1v) is 6.09. The predicted molar refractivity (Wildman–Crippen MR) is 70.3 cm³/mol. The molecule has 2 aromatic rings. The summed E-state index contributed by atoms with van der Waals surface area (Å²) < 4.78 is 19.3. The third-order valence-electron chi connectivity index (χ3n) is 3.02. The van der Waals surface area contributed by atoms with E-state index in [1.807, 2.05) is 12.1 Å². The van der Waals surface area contributed by atoms with E-state index in [1.165, 1.54) is 12.1 Å². The van der Waals surface area contributed by atoms with Gasteiger partial charge in [-0.1, -0.05) is 23.7 Å². The molecule has 1 radical (unpaired) electrons. The van der Waals surface area contributed by atoms with Crippen LogP contribution in [0.1, 0.15) is 5.56 Å². The summed E-state index contributed by atoms with van der Waals surface area (Å²) in [5.41, 5.74) is 2.53. The smallest absolute Gasteiger partial charge is 0.131 e. The van der Waals surface area contributed by atoms with Crippen LogP contribution < -0.4 is 4.74 Å². The molecule has 1 aliphatic heterocycles. The first-order chi connectivity index (χ1) is 8.63. The van der Waals surface area contributed by atoms with Crippen LogP contribution >= 0.6 is 11.6 Å². The fourth-order valence-electron chi connectivity index (χ4n) is 2.24. The molecule has 3 heteroatoms. The Balaban J connectivity index is 2.15. The second-order valence-corrected chi connectivity index (χ2v) is 4.83. The summed E-state index contributed by atoms with van der Waals surface area (Å²) in [5, 5.41) is 0.655. The normalized spacial score (nSPS) is 17.4. The lowest BCUT2D eigenvalue weighted by atomic mass is 10.0. The summed E-state index contributed by atoms with van der Waals surface area (Å²) >= 11 is 5.86. The van der Waals surface area contributed by atoms with E-state index in [9.17, 15) is 4.39 Å². The van der Waals surface area contributed by atoms with Gasteiger partial charge in [-0.25, -0.2) is 4.39 Å².